The molecule has 2 aromatic carbocycles. The Bertz CT molecular complexity index is 617. The first-order valence-corrected chi connectivity index (χ1v) is 6.76. The van der Waals surface area contributed by atoms with Crippen LogP contribution in [0.1, 0.15) is 11.1 Å². The number of hydrogen-bond acceptors (Lipinski definition) is 3. The molecule has 0 aliphatic carbocycles. The third-order valence-corrected chi connectivity index (χ3v) is 3.29. The molecule has 19 heavy (non-hydrogen) atoms. The maximum Gasteiger partial charge on any atom is 0.0992 e. The molecule has 0 saturated heterocycles. The van der Waals surface area contributed by atoms with Crippen LogP contribution in [-0.4, -0.2) is 6.54 Å². The summed E-state index contributed by atoms with van der Waals surface area (Å²) >= 11 is 3.45. The summed E-state index contributed by atoms with van der Waals surface area (Å²) < 4.78 is 1.08. The van der Waals surface area contributed by atoms with Gasteiger partial charge in [0, 0.05) is 11.0 Å². The van der Waals surface area contributed by atoms with Gasteiger partial charge in [0.05, 0.1) is 23.0 Å². The molecule has 0 fully saturated rings. The van der Waals surface area contributed by atoms with Crippen molar-refractivity contribution in [1.82, 2.24) is 0 Å². The highest BCUT2D eigenvalue weighted by Gasteiger charge is 2.01. The fraction of sp³-hybridized carbons (Fsp3) is 0.133. The van der Waals surface area contributed by atoms with E-state index >= 15 is 0 Å². The third-order valence-electron chi connectivity index (χ3n) is 2.80. The maximum atomic E-state index is 8.86. The van der Waals surface area contributed by atoms with E-state index < -0.39 is 0 Å². The minimum atomic E-state index is 0.610. The van der Waals surface area contributed by atoms with Crippen LogP contribution in [0.5, 0.6) is 0 Å². The molecule has 2 aromatic rings. The van der Waals surface area contributed by atoms with E-state index in [4.69, 9.17) is 11.0 Å². The van der Waals surface area contributed by atoms with Gasteiger partial charge in [-0.3, -0.25) is 0 Å². The molecule has 0 unspecified atom stereocenters. The molecule has 0 radical (unpaired) electrons. The number of nitrogens with two attached hydrogens (primary N) is 1. The fourth-order valence-corrected chi connectivity index (χ4v) is 2.26. The maximum absolute atomic E-state index is 8.86. The standard InChI is InChI=1S/C15H14BrN3/c16-13-3-1-2-11(8-13)6-7-19-15-9-12(10-17)4-5-14(15)18/h1-5,8-9,19H,6-7,18H2. The van der Waals surface area contributed by atoms with Crippen molar-refractivity contribution in [2.75, 3.05) is 17.6 Å². The molecular weight excluding hydrogens is 302 g/mol. The molecule has 96 valence electrons. The Kier molecular flexibility index (Phi) is 4.43. The zero-order valence-corrected chi connectivity index (χ0v) is 11.9. The van der Waals surface area contributed by atoms with Crippen LogP contribution in [0.3, 0.4) is 0 Å². The second-order valence-electron chi connectivity index (χ2n) is 4.22. The topological polar surface area (TPSA) is 61.8 Å². The first kappa shape index (κ1) is 13.4. The summed E-state index contributed by atoms with van der Waals surface area (Å²) in [7, 11) is 0. The van der Waals surface area contributed by atoms with Gasteiger partial charge in [-0.25, -0.2) is 0 Å². The summed E-state index contributed by atoms with van der Waals surface area (Å²) in [5.74, 6) is 0. The normalized spacial score (nSPS) is 9.89. The predicted octanol–water partition coefficient (Wildman–Crippen LogP) is 3.56. The first-order chi connectivity index (χ1) is 9.19. The van der Waals surface area contributed by atoms with Gasteiger partial charge in [0.15, 0.2) is 0 Å². The summed E-state index contributed by atoms with van der Waals surface area (Å²) in [6.45, 7) is 0.773. The summed E-state index contributed by atoms with van der Waals surface area (Å²) in [5.41, 5.74) is 9.20. The van der Waals surface area contributed by atoms with Gasteiger partial charge in [-0.2, -0.15) is 5.26 Å². The Morgan fingerprint density at radius 3 is 2.79 bits per heavy atom. The van der Waals surface area contributed by atoms with Gasteiger partial charge in [-0.05, 0) is 42.3 Å². The van der Waals surface area contributed by atoms with Crippen molar-refractivity contribution < 1.29 is 0 Å². The largest absolute Gasteiger partial charge is 0.397 e. The Labute approximate surface area is 121 Å². The predicted molar refractivity (Wildman–Crippen MR) is 81.9 cm³/mol. The van der Waals surface area contributed by atoms with Crippen molar-refractivity contribution >= 4 is 27.3 Å². The summed E-state index contributed by atoms with van der Waals surface area (Å²) in [4.78, 5) is 0. The molecule has 3 nitrogen and oxygen atoms in total. The number of nitrogens with zero attached hydrogens (tertiary/aromatic N) is 1. The van der Waals surface area contributed by atoms with Crippen molar-refractivity contribution in [3.8, 4) is 6.07 Å². The molecule has 4 heteroatoms. The number of halogens is 1. The Morgan fingerprint density at radius 2 is 2.05 bits per heavy atom. The second kappa shape index (κ2) is 6.26. The monoisotopic (exact) mass is 315 g/mol. The fourth-order valence-electron chi connectivity index (χ4n) is 1.81. The average molecular weight is 316 g/mol. The molecule has 0 bridgehead atoms. The Balaban J connectivity index is 1.98. The Morgan fingerprint density at radius 1 is 1.21 bits per heavy atom. The zero-order chi connectivity index (χ0) is 13.7. The van der Waals surface area contributed by atoms with Crippen LogP contribution in [-0.2, 0) is 6.42 Å². The van der Waals surface area contributed by atoms with Gasteiger partial charge < -0.3 is 11.1 Å². The van der Waals surface area contributed by atoms with Crippen molar-refractivity contribution in [2.45, 2.75) is 6.42 Å². The van der Waals surface area contributed by atoms with Crippen LogP contribution in [0, 0.1) is 11.3 Å². The van der Waals surface area contributed by atoms with Gasteiger partial charge in [0.25, 0.3) is 0 Å². The number of rotatable bonds is 4. The molecule has 2 rings (SSSR count). The molecule has 0 aliphatic rings. The van der Waals surface area contributed by atoms with Crippen molar-refractivity contribution in [1.29, 1.82) is 5.26 Å². The molecule has 0 aliphatic heterocycles. The number of anilines is 2. The molecule has 0 spiro atoms. The minimum absolute atomic E-state index is 0.610. The second-order valence-corrected chi connectivity index (χ2v) is 5.14. The quantitative estimate of drug-likeness (QED) is 0.848. The highest BCUT2D eigenvalue weighted by molar-refractivity contribution is 9.10. The molecule has 0 saturated carbocycles. The van der Waals surface area contributed by atoms with Crippen LogP contribution in [0.2, 0.25) is 0 Å². The number of hydrogen-bond donors (Lipinski definition) is 2. The SMILES string of the molecule is N#Cc1ccc(N)c(NCCc2cccc(Br)c2)c1. The van der Waals surface area contributed by atoms with Crippen LogP contribution >= 0.6 is 15.9 Å². The van der Waals surface area contributed by atoms with E-state index in [0.29, 0.717) is 11.3 Å². The first-order valence-electron chi connectivity index (χ1n) is 5.97. The minimum Gasteiger partial charge on any atom is -0.397 e. The lowest BCUT2D eigenvalue weighted by atomic mass is 10.1. The average Bonchev–Trinajstić information content (AvgIpc) is 2.41. The lowest BCUT2D eigenvalue weighted by Gasteiger charge is -2.09. The number of nitrogens with one attached hydrogen (secondary N) is 1. The highest BCUT2D eigenvalue weighted by atomic mass is 79.9. The Hall–Kier alpha value is -1.99. The van der Waals surface area contributed by atoms with Gasteiger partial charge in [-0.15, -0.1) is 0 Å². The van der Waals surface area contributed by atoms with E-state index in [1.807, 2.05) is 12.1 Å². The molecular formula is C15H14BrN3. The van der Waals surface area contributed by atoms with E-state index in [-0.39, 0.29) is 0 Å². The van der Waals surface area contributed by atoms with E-state index in [0.717, 1.165) is 23.1 Å². The molecule has 0 heterocycles. The molecule has 0 aromatic heterocycles. The summed E-state index contributed by atoms with van der Waals surface area (Å²) in [5, 5.41) is 12.1. The highest BCUT2D eigenvalue weighted by Crippen LogP contribution is 2.20. The van der Waals surface area contributed by atoms with E-state index in [2.05, 4.69) is 39.4 Å². The van der Waals surface area contributed by atoms with Crippen molar-refractivity contribution in [2.24, 2.45) is 0 Å². The number of benzene rings is 2. The summed E-state index contributed by atoms with van der Waals surface area (Å²) in [6, 6.07) is 15.6. The molecule has 0 amide bonds. The smallest absolute Gasteiger partial charge is 0.0992 e. The lowest BCUT2D eigenvalue weighted by Crippen LogP contribution is -2.07. The number of nitrogen functional groups attached to an aromatic ring is 1. The summed E-state index contributed by atoms with van der Waals surface area (Å²) in [6.07, 6.45) is 0.898. The van der Waals surface area contributed by atoms with Crippen LogP contribution in [0.15, 0.2) is 46.9 Å². The zero-order valence-electron chi connectivity index (χ0n) is 10.4. The van der Waals surface area contributed by atoms with Gasteiger partial charge >= 0.3 is 0 Å². The van der Waals surface area contributed by atoms with E-state index in [9.17, 15) is 0 Å². The van der Waals surface area contributed by atoms with E-state index in [1.165, 1.54) is 5.56 Å². The molecule has 3 N–H and O–H groups in total. The number of nitriles is 1. The van der Waals surface area contributed by atoms with Crippen LogP contribution < -0.4 is 11.1 Å². The van der Waals surface area contributed by atoms with Crippen LogP contribution in [0.4, 0.5) is 11.4 Å². The third kappa shape index (κ3) is 3.73. The van der Waals surface area contributed by atoms with E-state index in [1.54, 1.807) is 18.2 Å². The lowest BCUT2D eigenvalue weighted by molar-refractivity contribution is 1.02. The van der Waals surface area contributed by atoms with Crippen LogP contribution in [0.25, 0.3) is 0 Å². The van der Waals surface area contributed by atoms with Gasteiger partial charge in [0.1, 0.15) is 0 Å². The van der Waals surface area contributed by atoms with Gasteiger partial charge in [0.2, 0.25) is 0 Å². The van der Waals surface area contributed by atoms with Crippen molar-refractivity contribution in [3.63, 3.8) is 0 Å². The van der Waals surface area contributed by atoms with Gasteiger partial charge in [-0.1, -0.05) is 28.1 Å². The molecule has 0 atom stereocenters. The van der Waals surface area contributed by atoms with Crippen molar-refractivity contribution in [3.05, 3.63) is 58.1 Å².